The van der Waals surface area contributed by atoms with Crippen LogP contribution < -0.4 is 16.4 Å². The van der Waals surface area contributed by atoms with Crippen LogP contribution in [0.2, 0.25) is 0 Å². The van der Waals surface area contributed by atoms with Gasteiger partial charge in [-0.3, -0.25) is 9.59 Å². The van der Waals surface area contributed by atoms with Gasteiger partial charge in [-0.2, -0.15) is 0 Å². The normalized spacial score (nSPS) is 13.2. The molecule has 0 saturated carbocycles. The fraction of sp³-hybridized carbons (Fsp3) is 0.529. The zero-order valence-corrected chi connectivity index (χ0v) is 14.1. The van der Waals surface area contributed by atoms with Gasteiger partial charge in [0.2, 0.25) is 5.91 Å². The summed E-state index contributed by atoms with van der Waals surface area (Å²) in [6.07, 6.45) is 0.766. The lowest BCUT2D eigenvalue weighted by Gasteiger charge is -2.15. The topological polar surface area (TPSA) is 93.5 Å². The molecule has 0 aliphatic carbocycles. The molecular formula is C17H27N3O3. The molecule has 0 radical (unpaired) electrons. The Morgan fingerprint density at radius 2 is 2.04 bits per heavy atom. The van der Waals surface area contributed by atoms with Gasteiger partial charge in [-0.05, 0) is 38.5 Å². The minimum absolute atomic E-state index is 0.158. The summed E-state index contributed by atoms with van der Waals surface area (Å²) in [5.41, 5.74) is 6.82. The molecule has 1 aromatic carbocycles. The molecule has 4 N–H and O–H groups in total. The fourth-order valence-corrected chi connectivity index (χ4v) is 1.86. The largest absolute Gasteiger partial charge is 0.382 e. The summed E-state index contributed by atoms with van der Waals surface area (Å²) in [7, 11) is 0. The fourth-order valence-electron chi connectivity index (χ4n) is 1.86. The molecule has 6 nitrogen and oxygen atoms in total. The zero-order chi connectivity index (χ0) is 17.2. The van der Waals surface area contributed by atoms with Crippen LogP contribution in [0.15, 0.2) is 24.3 Å². The molecule has 2 amide bonds. The summed E-state index contributed by atoms with van der Waals surface area (Å²) in [4.78, 5) is 24.1. The maximum atomic E-state index is 12.1. The van der Waals surface area contributed by atoms with Gasteiger partial charge in [0.1, 0.15) is 0 Å². The van der Waals surface area contributed by atoms with Crippen molar-refractivity contribution in [1.82, 2.24) is 5.32 Å². The third-order valence-electron chi connectivity index (χ3n) is 3.55. The number of hydrogen-bond donors (Lipinski definition) is 3. The number of nitrogens with one attached hydrogen (secondary N) is 2. The quantitative estimate of drug-likeness (QED) is 0.604. The monoisotopic (exact) mass is 321 g/mol. The van der Waals surface area contributed by atoms with Crippen LogP contribution in [0, 0.1) is 5.92 Å². The molecule has 2 atom stereocenters. The van der Waals surface area contributed by atoms with Crippen molar-refractivity contribution >= 4 is 17.5 Å². The molecule has 1 rings (SSSR count). The highest BCUT2D eigenvalue weighted by Gasteiger charge is 2.17. The Kier molecular flexibility index (Phi) is 8.29. The zero-order valence-electron chi connectivity index (χ0n) is 14.1. The summed E-state index contributed by atoms with van der Waals surface area (Å²) in [5.74, 6) is -0.627. The SMILES string of the molecule is CCOCCCNC(=O)c1cccc(NC(=O)C(C)C(C)N)c1. The second kappa shape index (κ2) is 9.97. The highest BCUT2D eigenvalue weighted by Crippen LogP contribution is 2.13. The van der Waals surface area contributed by atoms with Gasteiger partial charge >= 0.3 is 0 Å². The van der Waals surface area contributed by atoms with E-state index in [0.29, 0.717) is 31.0 Å². The standard InChI is InChI=1S/C17H27N3O3/c1-4-23-10-6-9-19-17(22)14-7-5-8-15(11-14)20-16(21)12(2)13(3)18/h5,7-8,11-13H,4,6,9-10,18H2,1-3H3,(H,19,22)(H,20,21). The van der Waals surface area contributed by atoms with E-state index in [9.17, 15) is 9.59 Å². The van der Waals surface area contributed by atoms with Crippen molar-refractivity contribution in [2.24, 2.45) is 11.7 Å². The second-order valence-corrected chi connectivity index (χ2v) is 5.52. The Morgan fingerprint density at radius 1 is 1.30 bits per heavy atom. The molecular weight excluding hydrogens is 294 g/mol. The van der Waals surface area contributed by atoms with Gasteiger partial charge in [0.15, 0.2) is 0 Å². The van der Waals surface area contributed by atoms with E-state index >= 15 is 0 Å². The van der Waals surface area contributed by atoms with Crippen molar-refractivity contribution in [1.29, 1.82) is 0 Å². The smallest absolute Gasteiger partial charge is 0.251 e. The Balaban J connectivity index is 2.55. The molecule has 2 unspecified atom stereocenters. The molecule has 0 aliphatic rings. The number of hydrogen-bond acceptors (Lipinski definition) is 4. The predicted molar refractivity (Wildman–Crippen MR) is 91.3 cm³/mol. The van der Waals surface area contributed by atoms with Gasteiger partial charge in [-0.25, -0.2) is 0 Å². The van der Waals surface area contributed by atoms with Crippen molar-refractivity contribution < 1.29 is 14.3 Å². The Morgan fingerprint density at radius 3 is 2.70 bits per heavy atom. The van der Waals surface area contributed by atoms with Gasteiger partial charge in [-0.1, -0.05) is 13.0 Å². The van der Waals surface area contributed by atoms with E-state index in [2.05, 4.69) is 10.6 Å². The van der Waals surface area contributed by atoms with Crippen molar-refractivity contribution in [2.45, 2.75) is 33.2 Å². The van der Waals surface area contributed by atoms with Gasteiger partial charge in [0.05, 0.1) is 5.92 Å². The third-order valence-corrected chi connectivity index (χ3v) is 3.55. The summed E-state index contributed by atoms with van der Waals surface area (Å²) in [6.45, 7) is 7.35. The molecule has 23 heavy (non-hydrogen) atoms. The lowest BCUT2D eigenvalue weighted by Crippen LogP contribution is -2.34. The summed E-state index contributed by atoms with van der Waals surface area (Å²) in [6, 6.07) is 6.62. The number of ether oxygens (including phenoxy) is 1. The highest BCUT2D eigenvalue weighted by molar-refractivity contribution is 5.97. The summed E-state index contributed by atoms with van der Waals surface area (Å²) < 4.78 is 5.22. The highest BCUT2D eigenvalue weighted by atomic mass is 16.5. The Hall–Kier alpha value is -1.92. The van der Waals surface area contributed by atoms with Crippen LogP contribution in [-0.4, -0.2) is 37.6 Å². The van der Waals surface area contributed by atoms with E-state index in [0.717, 1.165) is 6.42 Å². The van der Waals surface area contributed by atoms with Gasteiger partial charge < -0.3 is 21.1 Å². The van der Waals surface area contributed by atoms with E-state index in [-0.39, 0.29) is 23.8 Å². The van der Waals surface area contributed by atoms with Gasteiger partial charge in [0, 0.05) is 37.1 Å². The van der Waals surface area contributed by atoms with Crippen LogP contribution in [-0.2, 0) is 9.53 Å². The molecule has 0 spiro atoms. The van der Waals surface area contributed by atoms with Crippen LogP contribution >= 0.6 is 0 Å². The first-order chi connectivity index (χ1) is 11.0. The van der Waals surface area contributed by atoms with E-state index < -0.39 is 0 Å². The molecule has 0 bridgehead atoms. The van der Waals surface area contributed by atoms with Crippen LogP contribution in [0.4, 0.5) is 5.69 Å². The Bertz CT molecular complexity index is 518. The molecule has 0 fully saturated rings. The molecule has 6 heteroatoms. The molecule has 0 aromatic heterocycles. The van der Waals surface area contributed by atoms with Crippen LogP contribution in [0.25, 0.3) is 0 Å². The first kappa shape index (κ1) is 19.1. The van der Waals surface area contributed by atoms with Crippen molar-refractivity contribution in [3.63, 3.8) is 0 Å². The summed E-state index contributed by atoms with van der Waals surface area (Å²) in [5, 5.41) is 5.61. The van der Waals surface area contributed by atoms with Crippen LogP contribution in [0.1, 0.15) is 37.6 Å². The number of carbonyl (C=O) groups is 2. The van der Waals surface area contributed by atoms with Gasteiger partial charge in [0.25, 0.3) is 5.91 Å². The van der Waals surface area contributed by atoms with E-state index in [4.69, 9.17) is 10.5 Å². The molecule has 1 aromatic rings. The van der Waals surface area contributed by atoms with Crippen molar-refractivity contribution in [3.05, 3.63) is 29.8 Å². The van der Waals surface area contributed by atoms with E-state index in [1.165, 1.54) is 0 Å². The number of carbonyl (C=O) groups excluding carboxylic acids is 2. The number of benzene rings is 1. The average Bonchev–Trinajstić information content (AvgIpc) is 2.53. The number of rotatable bonds is 9. The second-order valence-electron chi connectivity index (χ2n) is 5.52. The lowest BCUT2D eigenvalue weighted by atomic mass is 10.0. The minimum Gasteiger partial charge on any atom is -0.382 e. The minimum atomic E-state index is -0.300. The van der Waals surface area contributed by atoms with Crippen LogP contribution in [0.5, 0.6) is 0 Å². The Labute approximate surface area is 137 Å². The maximum absolute atomic E-state index is 12.1. The first-order valence-electron chi connectivity index (χ1n) is 7.98. The molecule has 0 saturated heterocycles. The van der Waals surface area contributed by atoms with E-state index in [1.807, 2.05) is 6.92 Å². The predicted octanol–water partition coefficient (Wildman–Crippen LogP) is 1.76. The lowest BCUT2D eigenvalue weighted by molar-refractivity contribution is -0.119. The molecule has 128 valence electrons. The third kappa shape index (κ3) is 6.80. The maximum Gasteiger partial charge on any atom is 0.251 e. The molecule has 0 heterocycles. The van der Waals surface area contributed by atoms with Crippen molar-refractivity contribution in [2.75, 3.05) is 25.1 Å². The van der Waals surface area contributed by atoms with Gasteiger partial charge in [-0.15, -0.1) is 0 Å². The number of anilines is 1. The number of amides is 2. The average molecular weight is 321 g/mol. The van der Waals surface area contributed by atoms with Crippen molar-refractivity contribution in [3.8, 4) is 0 Å². The first-order valence-corrected chi connectivity index (χ1v) is 7.98. The number of nitrogens with two attached hydrogens (primary N) is 1. The van der Waals surface area contributed by atoms with Crippen LogP contribution in [0.3, 0.4) is 0 Å². The summed E-state index contributed by atoms with van der Waals surface area (Å²) >= 11 is 0. The van der Waals surface area contributed by atoms with E-state index in [1.54, 1.807) is 38.1 Å². The molecule has 0 aliphatic heterocycles.